The zero-order valence-corrected chi connectivity index (χ0v) is 9.78. The molecule has 2 heteroatoms. The molecule has 0 spiro atoms. The van der Waals surface area contributed by atoms with E-state index in [9.17, 15) is 0 Å². The summed E-state index contributed by atoms with van der Waals surface area (Å²) in [6.45, 7) is 0. The second kappa shape index (κ2) is 3.12. The van der Waals surface area contributed by atoms with Crippen molar-refractivity contribution in [1.29, 1.82) is 0 Å². The number of hydrogen-bond acceptors (Lipinski definition) is 1. The van der Waals surface area contributed by atoms with Crippen LogP contribution >= 0.6 is 0 Å². The Morgan fingerprint density at radius 2 is 1.75 bits per heavy atom. The molecule has 1 aromatic heterocycles. The lowest BCUT2D eigenvalue weighted by Gasteiger charge is -2.57. The first-order valence-corrected chi connectivity index (χ1v) is 6.79. The second-order valence-electron chi connectivity index (χ2n) is 6.70. The Morgan fingerprint density at radius 3 is 2.25 bits per heavy atom. The molecule has 86 valence electrons. The van der Waals surface area contributed by atoms with Crippen LogP contribution in [0.25, 0.3) is 0 Å². The molecule has 0 atom stereocenters. The highest BCUT2D eigenvalue weighted by Gasteiger charge is 2.50. The van der Waals surface area contributed by atoms with E-state index < -0.39 is 0 Å². The van der Waals surface area contributed by atoms with Crippen molar-refractivity contribution in [2.75, 3.05) is 0 Å². The van der Waals surface area contributed by atoms with Crippen molar-refractivity contribution in [3.8, 4) is 0 Å². The molecule has 4 saturated carbocycles. The van der Waals surface area contributed by atoms with Gasteiger partial charge in [-0.2, -0.15) is 5.10 Å². The molecule has 4 fully saturated rings. The van der Waals surface area contributed by atoms with Gasteiger partial charge in [0.25, 0.3) is 0 Å². The summed E-state index contributed by atoms with van der Waals surface area (Å²) in [6, 6.07) is 0. The molecule has 1 aromatic rings. The lowest BCUT2D eigenvalue weighted by atomic mass is 9.48. The van der Waals surface area contributed by atoms with Crippen molar-refractivity contribution in [2.24, 2.45) is 23.2 Å². The van der Waals surface area contributed by atoms with Gasteiger partial charge < -0.3 is 0 Å². The normalized spacial score (nSPS) is 45.1. The summed E-state index contributed by atoms with van der Waals surface area (Å²) in [5.41, 5.74) is 2.10. The number of H-pyrrole nitrogens is 1. The molecule has 4 aliphatic rings. The van der Waals surface area contributed by atoms with Gasteiger partial charge in [0.15, 0.2) is 0 Å². The Bertz CT molecular complexity index is 344. The first-order valence-electron chi connectivity index (χ1n) is 6.79. The maximum absolute atomic E-state index is 4.10. The third-order valence-electron chi connectivity index (χ3n) is 5.30. The minimum absolute atomic E-state index is 0.665. The van der Waals surface area contributed by atoms with Crippen molar-refractivity contribution in [3.63, 3.8) is 0 Å². The van der Waals surface area contributed by atoms with Crippen LogP contribution in [0.15, 0.2) is 12.4 Å². The standard InChI is InChI=1S/C14H20N2/c1-10-2-12-3-11(1)5-14(4-10,6-12)7-13-8-15-16-9-13/h8-12H,1-7H2,(H,15,16). The summed E-state index contributed by atoms with van der Waals surface area (Å²) in [6.07, 6.45) is 14.6. The molecule has 4 bridgehead atoms. The van der Waals surface area contributed by atoms with E-state index in [4.69, 9.17) is 0 Å². The van der Waals surface area contributed by atoms with Gasteiger partial charge in [0, 0.05) is 6.20 Å². The molecule has 0 radical (unpaired) electrons. The lowest BCUT2D eigenvalue weighted by molar-refractivity contribution is -0.0521. The predicted octanol–water partition coefficient (Wildman–Crippen LogP) is 3.17. The summed E-state index contributed by atoms with van der Waals surface area (Å²) in [4.78, 5) is 0. The minimum atomic E-state index is 0.665. The average molecular weight is 216 g/mol. The highest BCUT2D eigenvalue weighted by atomic mass is 15.1. The van der Waals surface area contributed by atoms with E-state index in [0.29, 0.717) is 5.41 Å². The Morgan fingerprint density at radius 1 is 1.12 bits per heavy atom. The Hall–Kier alpha value is -0.790. The molecule has 0 saturated heterocycles. The van der Waals surface area contributed by atoms with Gasteiger partial charge in [-0.15, -0.1) is 0 Å². The number of nitrogens with zero attached hydrogens (tertiary/aromatic N) is 1. The van der Waals surface area contributed by atoms with Crippen molar-refractivity contribution in [2.45, 2.75) is 44.9 Å². The van der Waals surface area contributed by atoms with Gasteiger partial charge in [-0.1, -0.05) is 0 Å². The van der Waals surface area contributed by atoms with Gasteiger partial charge in [-0.3, -0.25) is 5.10 Å². The molecule has 0 amide bonds. The second-order valence-corrected chi connectivity index (χ2v) is 6.70. The van der Waals surface area contributed by atoms with Crippen LogP contribution in [0.3, 0.4) is 0 Å². The van der Waals surface area contributed by atoms with Gasteiger partial charge in [0.05, 0.1) is 6.20 Å². The van der Waals surface area contributed by atoms with Crippen LogP contribution in [0.1, 0.15) is 44.1 Å². The van der Waals surface area contributed by atoms with E-state index in [-0.39, 0.29) is 0 Å². The number of aromatic amines is 1. The molecule has 5 rings (SSSR count). The first kappa shape index (κ1) is 9.26. The molecule has 2 nitrogen and oxygen atoms in total. The SMILES string of the molecule is c1n[nH]cc1CC12CC3CC(CC(C3)C1)C2. The van der Waals surface area contributed by atoms with E-state index in [1.807, 2.05) is 6.20 Å². The van der Waals surface area contributed by atoms with Crippen LogP contribution in [0.4, 0.5) is 0 Å². The summed E-state index contributed by atoms with van der Waals surface area (Å²) in [7, 11) is 0. The van der Waals surface area contributed by atoms with Gasteiger partial charge in [-0.25, -0.2) is 0 Å². The largest absolute Gasteiger partial charge is 0.285 e. The van der Waals surface area contributed by atoms with Crippen LogP contribution in [-0.2, 0) is 6.42 Å². The molecule has 1 heterocycles. The predicted molar refractivity (Wildman–Crippen MR) is 62.9 cm³/mol. The molecular weight excluding hydrogens is 196 g/mol. The van der Waals surface area contributed by atoms with Crippen molar-refractivity contribution >= 4 is 0 Å². The molecule has 0 unspecified atom stereocenters. The van der Waals surface area contributed by atoms with Gasteiger partial charge in [0.2, 0.25) is 0 Å². The minimum Gasteiger partial charge on any atom is -0.285 e. The topological polar surface area (TPSA) is 28.7 Å². The van der Waals surface area contributed by atoms with Crippen molar-refractivity contribution in [1.82, 2.24) is 10.2 Å². The van der Waals surface area contributed by atoms with Crippen LogP contribution in [0, 0.1) is 23.2 Å². The van der Waals surface area contributed by atoms with Crippen LogP contribution in [0.2, 0.25) is 0 Å². The van der Waals surface area contributed by atoms with Crippen LogP contribution < -0.4 is 0 Å². The number of rotatable bonds is 2. The fourth-order valence-electron chi connectivity index (χ4n) is 5.31. The maximum atomic E-state index is 4.10. The first-order chi connectivity index (χ1) is 7.81. The van der Waals surface area contributed by atoms with Gasteiger partial charge in [-0.05, 0) is 73.7 Å². The number of aromatic nitrogens is 2. The average Bonchev–Trinajstić information content (AvgIpc) is 2.66. The quantitative estimate of drug-likeness (QED) is 0.808. The van der Waals surface area contributed by atoms with E-state index in [2.05, 4.69) is 16.4 Å². The molecule has 16 heavy (non-hydrogen) atoms. The van der Waals surface area contributed by atoms with Crippen LogP contribution in [0.5, 0.6) is 0 Å². The fourth-order valence-corrected chi connectivity index (χ4v) is 5.31. The number of nitrogens with one attached hydrogen (secondary N) is 1. The summed E-state index contributed by atoms with van der Waals surface area (Å²) < 4.78 is 0. The van der Waals surface area contributed by atoms with E-state index >= 15 is 0 Å². The highest BCUT2D eigenvalue weighted by molar-refractivity contribution is 5.11. The molecule has 0 aliphatic heterocycles. The Kier molecular flexibility index (Phi) is 1.80. The maximum Gasteiger partial charge on any atom is 0.0519 e. The van der Waals surface area contributed by atoms with Crippen LogP contribution in [-0.4, -0.2) is 10.2 Å². The lowest BCUT2D eigenvalue weighted by Crippen LogP contribution is -2.46. The monoisotopic (exact) mass is 216 g/mol. The molecule has 1 N–H and O–H groups in total. The smallest absolute Gasteiger partial charge is 0.0519 e. The summed E-state index contributed by atoms with van der Waals surface area (Å²) >= 11 is 0. The number of hydrogen-bond donors (Lipinski definition) is 1. The van der Waals surface area contributed by atoms with E-state index in [0.717, 1.165) is 17.8 Å². The fraction of sp³-hybridized carbons (Fsp3) is 0.786. The van der Waals surface area contributed by atoms with Gasteiger partial charge in [0.1, 0.15) is 0 Å². The Labute approximate surface area is 96.8 Å². The van der Waals surface area contributed by atoms with E-state index in [1.54, 1.807) is 19.3 Å². The molecular formula is C14H20N2. The summed E-state index contributed by atoms with van der Waals surface area (Å²) in [5, 5.41) is 7.06. The zero-order valence-electron chi connectivity index (χ0n) is 9.78. The molecule has 0 aromatic carbocycles. The third kappa shape index (κ3) is 1.35. The van der Waals surface area contributed by atoms with Crippen molar-refractivity contribution < 1.29 is 0 Å². The Balaban J connectivity index is 1.62. The zero-order chi connectivity index (χ0) is 10.6. The summed E-state index contributed by atoms with van der Waals surface area (Å²) in [5.74, 6) is 3.20. The molecule has 4 aliphatic carbocycles. The van der Waals surface area contributed by atoms with Gasteiger partial charge >= 0.3 is 0 Å². The third-order valence-corrected chi connectivity index (χ3v) is 5.30. The van der Waals surface area contributed by atoms with E-state index in [1.165, 1.54) is 31.2 Å². The van der Waals surface area contributed by atoms with Crippen molar-refractivity contribution in [3.05, 3.63) is 18.0 Å². The highest BCUT2D eigenvalue weighted by Crippen LogP contribution is 2.60.